The van der Waals surface area contributed by atoms with Crippen LogP contribution in [0.15, 0.2) is 30.3 Å². The van der Waals surface area contributed by atoms with Gasteiger partial charge in [0.05, 0.1) is 0 Å². The molecule has 0 aromatic heterocycles. The highest BCUT2D eigenvalue weighted by atomic mass is 28.4. The normalized spacial score (nSPS) is 14.0. The van der Waals surface area contributed by atoms with E-state index < -0.39 is 13.9 Å². The van der Waals surface area contributed by atoms with Crippen molar-refractivity contribution in [2.45, 2.75) is 77.6 Å². The molecule has 0 saturated heterocycles. The molecule has 0 bridgehead atoms. The van der Waals surface area contributed by atoms with E-state index in [4.69, 9.17) is 9.16 Å². The van der Waals surface area contributed by atoms with Gasteiger partial charge in [0.25, 0.3) is 0 Å². The first-order chi connectivity index (χ1) is 12.2. The maximum Gasteiger partial charge on any atom is 0.410 e. The third kappa shape index (κ3) is 8.05. The first-order valence-electron chi connectivity index (χ1n) is 9.86. The van der Waals surface area contributed by atoms with Gasteiger partial charge in [-0.3, -0.25) is 0 Å². The van der Waals surface area contributed by atoms with Gasteiger partial charge in [-0.2, -0.15) is 0 Å². The van der Waals surface area contributed by atoms with Gasteiger partial charge in [0.2, 0.25) is 0 Å². The molecular weight excluding hydrogens is 354 g/mol. The zero-order valence-electron chi connectivity index (χ0n) is 18.8. The van der Waals surface area contributed by atoms with E-state index in [1.807, 2.05) is 39.0 Å². The fourth-order valence-electron chi connectivity index (χ4n) is 2.51. The van der Waals surface area contributed by atoms with Gasteiger partial charge in [-0.05, 0) is 50.9 Å². The molecule has 0 aliphatic rings. The minimum Gasteiger partial charge on any atom is -0.444 e. The van der Waals surface area contributed by atoms with Crippen LogP contribution < -0.4 is 0 Å². The van der Waals surface area contributed by atoms with Crippen molar-refractivity contribution in [2.24, 2.45) is 0 Å². The molecule has 1 aromatic carbocycles. The Kier molecular flexibility index (Phi) is 8.11. The Hall–Kier alpha value is -1.33. The van der Waals surface area contributed by atoms with Crippen molar-refractivity contribution in [1.82, 2.24) is 4.90 Å². The highest BCUT2D eigenvalue weighted by Crippen LogP contribution is 2.37. The lowest BCUT2D eigenvalue weighted by molar-refractivity contribution is 0.0284. The summed E-state index contributed by atoms with van der Waals surface area (Å²) in [4.78, 5) is 14.0. The molecule has 1 aromatic rings. The molecule has 27 heavy (non-hydrogen) atoms. The highest BCUT2D eigenvalue weighted by Gasteiger charge is 2.37. The summed E-state index contributed by atoms with van der Waals surface area (Å²) in [7, 11) is 0.0328. The van der Waals surface area contributed by atoms with Crippen molar-refractivity contribution in [3.63, 3.8) is 0 Å². The number of hydrogen-bond acceptors (Lipinski definition) is 3. The zero-order chi connectivity index (χ0) is 20.9. The van der Waals surface area contributed by atoms with E-state index in [9.17, 15) is 4.79 Å². The molecule has 154 valence electrons. The van der Waals surface area contributed by atoms with Crippen molar-refractivity contribution in [3.8, 4) is 0 Å². The fourth-order valence-corrected chi connectivity index (χ4v) is 3.57. The molecule has 1 unspecified atom stereocenters. The van der Waals surface area contributed by atoms with Crippen molar-refractivity contribution in [2.75, 3.05) is 20.2 Å². The third-order valence-electron chi connectivity index (χ3n) is 5.21. The number of ether oxygens (including phenoxy) is 1. The number of benzene rings is 1. The minimum atomic E-state index is -1.77. The number of hydrogen-bond donors (Lipinski definition) is 0. The van der Waals surface area contributed by atoms with Crippen LogP contribution in [0.1, 0.15) is 59.4 Å². The topological polar surface area (TPSA) is 38.8 Å². The van der Waals surface area contributed by atoms with Crippen molar-refractivity contribution in [3.05, 3.63) is 35.9 Å². The second-order valence-electron chi connectivity index (χ2n) is 9.87. The van der Waals surface area contributed by atoms with Gasteiger partial charge >= 0.3 is 6.09 Å². The summed E-state index contributed by atoms with van der Waals surface area (Å²) in [5.41, 5.74) is 0.741. The Morgan fingerprint density at radius 1 is 1.07 bits per heavy atom. The molecule has 0 fully saturated rings. The lowest BCUT2D eigenvalue weighted by Gasteiger charge is -2.36. The van der Waals surface area contributed by atoms with E-state index in [-0.39, 0.29) is 17.0 Å². The SMILES string of the molecule is CN(CC(CCO[Si](C)(C)C(C)(C)C)c1ccccc1)C(=O)OC(C)(C)C. The molecule has 0 N–H and O–H groups in total. The molecule has 0 spiro atoms. The summed E-state index contributed by atoms with van der Waals surface area (Å²) in [6.45, 7) is 18.3. The first kappa shape index (κ1) is 23.7. The third-order valence-corrected chi connectivity index (χ3v) is 9.74. The van der Waals surface area contributed by atoms with Gasteiger partial charge in [0, 0.05) is 26.1 Å². The van der Waals surface area contributed by atoms with Crippen LogP contribution in [0.2, 0.25) is 18.1 Å². The summed E-state index contributed by atoms with van der Waals surface area (Å²) in [6, 6.07) is 10.4. The van der Waals surface area contributed by atoms with Crippen LogP contribution >= 0.6 is 0 Å². The molecule has 4 nitrogen and oxygen atoms in total. The van der Waals surface area contributed by atoms with Gasteiger partial charge in [0.1, 0.15) is 5.60 Å². The van der Waals surface area contributed by atoms with Gasteiger partial charge in [-0.15, -0.1) is 0 Å². The molecule has 5 heteroatoms. The fraction of sp³-hybridized carbons (Fsp3) is 0.682. The van der Waals surface area contributed by atoms with Crippen LogP contribution in [0, 0.1) is 0 Å². The van der Waals surface area contributed by atoms with Gasteiger partial charge in [0.15, 0.2) is 8.32 Å². The average Bonchev–Trinajstić information content (AvgIpc) is 2.51. The Balaban J connectivity index is 2.79. The molecular formula is C22H39NO3Si. The van der Waals surface area contributed by atoms with Gasteiger partial charge in [-0.1, -0.05) is 51.1 Å². The van der Waals surface area contributed by atoms with Crippen LogP contribution in [-0.4, -0.2) is 45.1 Å². The van der Waals surface area contributed by atoms with Crippen molar-refractivity contribution >= 4 is 14.4 Å². The van der Waals surface area contributed by atoms with Gasteiger partial charge < -0.3 is 14.1 Å². The summed E-state index contributed by atoms with van der Waals surface area (Å²) in [5.74, 6) is 0.216. The largest absolute Gasteiger partial charge is 0.444 e. The van der Waals surface area contributed by atoms with Crippen LogP contribution in [0.3, 0.4) is 0 Å². The van der Waals surface area contributed by atoms with E-state index in [2.05, 4.69) is 46.0 Å². The van der Waals surface area contributed by atoms with E-state index in [1.165, 1.54) is 5.56 Å². The van der Waals surface area contributed by atoms with Crippen LogP contribution in [0.4, 0.5) is 4.79 Å². The van der Waals surface area contributed by atoms with E-state index >= 15 is 0 Å². The Labute approximate surface area is 167 Å². The standard InChI is InChI=1S/C22H39NO3Si/c1-21(2,3)26-20(24)23(7)17-19(18-13-11-10-12-14-18)15-16-25-27(8,9)22(4,5)6/h10-14,19H,15-17H2,1-9H3. The zero-order valence-corrected chi connectivity index (χ0v) is 19.8. The van der Waals surface area contributed by atoms with Crippen molar-refractivity contribution < 1.29 is 14.0 Å². The summed E-state index contributed by atoms with van der Waals surface area (Å²) in [6.07, 6.45) is 0.595. The molecule has 1 amide bonds. The molecule has 0 aliphatic heterocycles. The number of likely N-dealkylation sites (N-methyl/N-ethyl adjacent to an activating group) is 1. The van der Waals surface area contributed by atoms with Crippen LogP contribution in [0.5, 0.6) is 0 Å². The quantitative estimate of drug-likeness (QED) is 0.529. The van der Waals surface area contributed by atoms with E-state index in [0.717, 1.165) is 6.42 Å². The van der Waals surface area contributed by atoms with E-state index in [1.54, 1.807) is 11.9 Å². The van der Waals surface area contributed by atoms with Crippen LogP contribution in [0.25, 0.3) is 0 Å². The highest BCUT2D eigenvalue weighted by molar-refractivity contribution is 6.74. The lowest BCUT2D eigenvalue weighted by Crippen LogP contribution is -2.41. The monoisotopic (exact) mass is 393 g/mol. The number of carbonyl (C=O) groups is 1. The second kappa shape index (κ2) is 9.24. The smallest absolute Gasteiger partial charge is 0.410 e. The summed E-state index contributed by atoms with van der Waals surface area (Å²) < 4.78 is 11.9. The molecule has 1 atom stereocenters. The maximum atomic E-state index is 12.4. The molecule has 1 rings (SSSR count). The maximum absolute atomic E-state index is 12.4. The molecule has 0 heterocycles. The molecule has 0 saturated carbocycles. The second-order valence-corrected chi connectivity index (χ2v) is 14.7. The average molecular weight is 394 g/mol. The van der Waals surface area contributed by atoms with Gasteiger partial charge in [-0.25, -0.2) is 4.79 Å². The van der Waals surface area contributed by atoms with Crippen molar-refractivity contribution in [1.29, 1.82) is 0 Å². The predicted octanol–water partition coefficient (Wildman–Crippen LogP) is 6.05. The number of nitrogens with zero attached hydrogens (tertiary/aromatic N) is 1. The summed E-state index contributed by atoms with van der Waals surface area (Å²) >= 11 is 0. The lowest BCUT2D eigenvalue weighted by atomic mass is 9.95. The predicted molar refractivity (Wildman–Crippen MR) is 116 cm³/mol. The first-order valence-corrected chi connectivity index (χ1v) is 12.8. The Morgan fingerprint density at radius 2 is 1.63 bits per heavy atom. The molecule has 0 aliphatic carbocycles. The van der Waals surface area contributed by atoms with E-state index in [0.29, 0.717) is 13.2 Å². The number of amides is 1. The van der Waals surface area contributed by atoms with Crippen LogP contribution in [-0.2, 0) is 9.16 Å². The number of carbonyl (C=O) groups excluding carboxylic acids is 1. The Bertz CT molecular complexity index is 588. The Morgan fingerprint density at radius 3 is 2.11 bits per heavy atom. The molecule has 0 radical (unpaired) electrons. The minimum absolute atomic E-state index is 0.197. The number of rotatable bonds is 7. The summed E-state index contributed by atoms with van der Waals surface area (Å²) in [5, 5.41) is 0.197.